The van der Waals surface area contributed by atoms with Gasteiger partial charge in [-0.1, -0.05) is 17.7 Å². The summed E-state index contributed by atoms with van der Waals surface area (Å²) in [6, 6.07) is 3.58. The van der Waals surface area contributed by atoms with Gasteiger partial charge in [-0.2, -0.15) is 0 Å². The summed E-state index contributed by atoms with van der Waals surface area (Å²) in [6.45, 7) is 4.73. The molecule has 1 aromatic rings. The first-order valence-electron chi connectivity index (χ1n) is 4.00. The van der Waals surface area contributed by atoms with Gasteiger partial charge in [-0.05, 0) is 25.5 Å². The lowest BCUT2D eigenvalue weighted by atomic mass is 10.1. The Morgan fingerprint density at radius 1 is 1.36 bits per heavy atom. The number of aryl methyl sites for hydroxylation is 1. The van der Waals surface area contributed by atoms with E-state index < -0.39 is 5.97 Å². The van der Waals surface area contributed by atoms with Crippen molar-refractivity contribution in [3.8, 4) is 5.75 Å². The molecule has 14 heavy (non-hydrogen) atoms. The number of aliphatic carboxylic acids is 1. The molecule has 4 heteroatoms. The van der Waals surface area contributed by atoms with E-state index in [9.17, 15) is 5.11 Å². The van der Waals surface area contributed by atoms with Gasteiger partial charge in [0.1, 0.15) is 5.75 Å². The van der Waals surface area contributed by atoms with Gasteiger partial charge in [0.05, 0.1) is 0 Å². The lowest BCUT2D eigenvalue weighted by Gasteiger charge is -2.02. The normalized spacial score (nSPS) is 8.86. The van der Waals surface area contributed by atoms with E-state index in [0.29, 0.717) is 10.8 Å². The smallest absolute Gasteiger partial charge is 0.300 e. The summed E-state index contributed by atoms with van der Waals surface area (Å²) in [7, 11) is 0. The number of phenols is 1. The second kappa shape index (κ2) is 5.50. The fourth-order valence-electron chi connectivity index (χ4n) is 0.811. The van der Waals surface area contributed by atoms with E-state index in [0.717, 1.165) is 18.1 Å². The lowest BCUT2D eigenvalue weighted by Crippen LogP contribution is -1.80. The Labute approximate surface area is 88.0 Å². The van der Waals surface area contributed by atoms with Gasteiger partial charge in [0, 0.05) is 17.5 Å². The van der Waals surface area contributed by atoms with Crippen molar-refractivity contribution in [1.29, 1.82) is 0 Å². The Balaban J connectivity index is 0.000000364. The number of halogens is 1. The highest BCUT2D eigenvalue weighted by Gasteiger charge is 2.02. The van der Waals surface area contributed by atoms with Crippen LogP contribution in [0.5, 0.6) is 5.75 Å². The van der Waals surface area contributed by atoms with Gasteiger partial charge in [-0.15, -0.1) is 0 Å². The van der Waals surface area contributed by atoms with Gasteiger partial charge in [0.15, 0.2) is 0 Å². The highest BCUT2D eigenvalue weighted by molar-refractivity contribution is 6.31. The zero-order chi connectivity index (χ0) is 11.3. The number of aromatic hydroxyl groups is 1. The molecular formula is C10H13ClO3. The average molecular weight is 217 g/mol. The maximum atomic E-state index is 9.30. The summed E-state index contributed by atoms with van der Waals surface area (Å²) in [6.07, 6.45) is 0. The van der Waals surface area contributed by atoms with Crippen molar-refractivity contribution in [2.24, 2.45) is 0 Å². The van der Waals surface area contributed by atoms with Crippen LogP contribution in [0, 0.1) is 13.8 Å². The van der Waals surface area contributed by atoms with Crippen molar-refractivity contribution in [2.45, 2.75) is 20.8 Å². The van der Waals surface area contributed by atoms with Gasteiger partial charge in [-0.3, -0.25) is 4.79 Å². The van der Waals surface area contributed by atoms with Crippen LogP contribution in [0.1, 0.15) is 18.1 Å². The van der Waals surface area contributed by atoms with Crippen molar-refractivity contribution in [2.75, 3.05) is 0 Å². The largest absolute Gasteiger partial charge is 0.507 e. The Bertz CT molecular complexity index is 303. The topological polar surface area (TPSA) is 57.5 Å². The van der Waals surface area contributed by atoms with Gasteiger partial charge in [0.2, 0.25) is 0 Å². The molecule has 0 unspecified atom stereocenters. The zero-order valence-corrected chi connectivity index (χ0v) is 9.09. The molecule has 1 rings (SSSR count). The third kappa shape index (κ3) is 4.14. The van der Waals surface area contributed by atoms with E-state index in [1.165, 1.54) is 0 Å². The SMILES string of the molecule is CC(=O)O.Cc1ccc(Cl)c(C)c1O. The third-order valence-electron chi connectivity index (χ3n) is 1.57. The first-order valence-corrected chi connectivity index (χ1v) is 4.38. The van der Waals surface area contributed by atoms with E-state index in [1.54, 1.807) is 19.1 Å². The summed E-state index contributed by atoms with van der Waals surface area (Å²) in [5, 5.41) is 17.3. The number of hydrogen-bond donors (Lipinski definition) is 2. The predicted molar refractivity (Wildman–Crippen MR) is 55.9 cm³/mol. The van der Waals surface area contributed by atoms with Crippen LogP contribution in [0.3, 0.4) is 0 Å². The molecule has 0 aliphatic carbocycles. The highest BCUT2D eigenvalue weighted by atomic mass is 35.5. The molecule has 0 fully saturated rings. The summed E-state index contributed by atoms with van der Waals surface area (Å²) in [4.78, 5) is 9.00. The fourth-order valence-corrected chi connectivity index (χ4v) is 0.963. The Morgan fingerprint density at radius 2 is 1.79 bits per heavy atom. The van der Waals surface area contributed by atoms with Crippen LogP contribution in [-0.4, -0.2) is 16.2 Å². The van der Waals surface area contributed by atoms with E-state index in [2.05, 4.69) is 0 Å². The van der Waals surface area contributed by atoms with Crippen molar-refractivity contribution < 1.29 is 15.0 Å². The van der Waals surface area contributed by atoms with E-state index in [1.807, 2.05) is 6.92 Å². The molecule has 0 aromatic heterocycles. The molecule has 0 heterocycles. The number of rotatable bonds is 0. The van der Waals surface area contributed by atoms with Gasteiger partial charge in [-0.25, -0.2) is 0 Å². The molecule has 0 atom stereocenters. The van der Waals surface area contributed by atoms with Crippen LogP contribution in [0.25, 0.3) is 0 Å². The lowest BCUT2D eigenvalue weighted by molar-refractivity contribution is -0.134. The summed E-state index contributed by atoms with van der Waals surface area (Å²) in [5.74, 6) is -0.535. The second-order valence-electron chi connectivity index (χ2n) is 2.86. The number of benzene rings is 1. The van der Waals surface area contributed by atoms with E-state index >= 15 is 0 Å². The van der Waals surface area contributed by atoms with Crippen molar-refractivity contribution in [1.82, 2.24) is 0 Å². The highest BCUT2D eigenvalue weighted by Crippen LogP contribution is 2.27. The average Bonchev–Trinajstić information content (AvgIpc) is 2.07. The number of carboxylic acid groups (broad SMARTS) is 1. The predicted octanol–water partition coefficient (Wildman–Crippen LogP) is 2.75. The first kappa shape index (κ1) is 12.8. The molecule has 0 saturated heterocycles. The van der Waals surface area contributed by atoms with Crippen LogP contribution < -0.4 is 0 Å². The van der Waals surface area contributed by atoms with Gasteiger partial charge < -0.3 is 10.2 Å². The zero-order valence-electron chi connectivity index (χ0n) is 8.34. The van der Waals surface area contributed by atoms with Crippen molar-refractivity contribution in [3.05, 3.63) is 28.3 Å². The summed E-state index contributed by atoms with van der Waals surface area (Å²) >= 11 is 5.73. The minimum Gasteiger partial charge on any atom is -0.507 e. The number of phenolic OH excluding ortho intramolecular Hbond substituents is 1. The monoisotopic (exact) mass is 216 g/mol. The van der Waals surface area contributed by atoms with Crippen LogP contribution >= 0.6 is 11.6 Å². The molecule has 0 radical (unpaired) electrons. The molecule has 0 aliphatic rings. The van der Waals surface area contributed by atoms with E-state index in [-0.39, 0.29) is 0 Å². The fraction of sp³-hybridized carbons (Fsp3) is 0.300. The van der Waals surface area contributed by atoms with Crippen molar-refractivity contribution >= 4 is 17.6 Å². The third-order valence-corrected chi connectivity index (χ3v) is 1.98. The number of hydrogen-bond acceptors (Lipinski definition) is 2. The Hall–Kier alpha value is -1.22. The Morgan fingerprint density at radius 3 is 2.14 bits per heavy atom. The molecule has 0 amide bonds. The van der Waals surface area contributed by atoms with Crippen LogP contribution in [0.2, 0.25) is 5.02 Å². The second-order valence-corrected chi connectivity index (χ2v) is 3.26. The minimum atomic E-state index is -0.833. The number of carboxylic acids is 1. The van der Waals surface area contributed by atoms with E-state index in [4.69, 9.17) is 21.5 Å². The maximum Gasteiger partial charge on any atom is 0.300 e. The Kier molecular flexibility index (Phi) is 5.02. The number of carbonyl (C=O) groups is 1. The molecule has 0 spiro atoms. The molecule has 1 aromatic carbocycles. The molecule has 78 valence electrons. The standard InChI is InChI=1S/C8H9ClO.C2H4O2/c1-5-3-4-7(9)6(2)8(5)10;1-2(3)4/h3-4,10H,1-2H3;1H3,(H,3,4). The minimum absolute atomic E-state index is 0.299. The molecule has 3 nitrogen and oxygen atoms in total. The summed E-state index contributed by atoms with van der Waals surface area (Å²) < 4.78 is 0. The first-order chi connectivity index (χ1) is 6.36. The van der Waals surface area contributed by atoms with Crippen LogP contribution in [0.15, 0.2) is 12.1 Å². The molecule has 0 bridgehead atoms. The molecule has 0 saturated carbocycles. The van der Waals surface area contributed by atoms with Crippen LogP contribution in [-0.2, 0) is 4.79 Å². The van der Waals surface area contributed by atoms with Gasteiger partial charge >= 0.3 is 0 Å². The molecular weight excluding hydrogens is 204 g/mol. The maximum absolute atomic E-state index is 9.30. The van der Waals surface area contributed by atoms with Crippen molar-refractivity contribution in [3.63, 3.8) is 0 Å². The van der Waals surface area contributed by atoms with Gasteiger partial charge in [0.25, 0.3) is 5.97 Å². The van der Waals surface area contributed by atoms with Crippen LogP contribution in [0.4, 0.5) is 0 Å². The molecule has 2 N–H and O–H groups in total. The summed E-state index contributed by atoms with van der Waals surface area (Å²) in [5.41, 5.74) is 1.61. The molecule has 0 aliphatic heterocycles. The quantitative estimate of drug-likeness (QED) is 0.701.